The molecule has 132 valence electrons. The molecule has 4 aromatic rings. The minimum atomic E-state index is 0.472. The summed E-state index contributed by atoms with van der Waals surface area (Å²) in [5.41, 5.74) is 8.82. The molecule has 0 aliphatic heterocycles. The topological polar surface area (TPSA) is 25.8 Å². The summed E-state index contributed by atoms with van der Waals surface area (Å²) in [6.45, 7) is 4.53. The van der Waals surface area contributed by atoms with Crippen LogP contribution in [0.1, 0.15) is 36.6 Å². The Labute approximate surface area is 159 Å². The zero-order chi connectivity index (χ0) is 18.4. The van der Waals surface area contributed by atoms with Crippen LogP contribution >= 0.6 is 0 Å². The molecule has 2 heterocycles. The average Bonchev–Trinajstić information content (AvgIpc) is 2.72. The minimum Gasteiger partial charge on any atom is -0.261 e. The first-order chi connectivity index (χ1) is 13.2. The molecule has 5 rings (SSSR count). The van der Waals surface area contributed by atoms with Gasteiger partial charge in [0.25, 0.3) is 0 Å². The maximum Gasteiger partial charge on any atom is 0.0740 e. The molecule has 0 bridgehead atoms. The second-order valence-corrected chi connectivity index (χ2v) is 7.62. The van der Waals surface area contributed by atoms with Crippen molar-refractivity contribution in [3.05, 3.63) is 83.8 Å². The highest BCUT2D eigenvalue weighted by molar-refractivity contribution is 5.91. The van der Waals surface area contributed by atoms with Crippen molar-refractivity contribution in [2.75, 3.05) is 0 Å². The third-order valence-electron chi connectivity index (χ3n) is 5.64. The monoisotopic (exact) mass is 350 g/mol. The molecule has 27 heavy (non-hydrogen) atoms. The molecule has 2 aromatic carbocycles. The van der Waals surface area contributed by atoms with Crippen LogP contribution in [0.5, 0.6) is 0 Å². The third kappa shape index (κ3) is 2.64. The highest BCUT2D eigenvalue weighted by Gasteiger charge is 2.21. The number of aryl methyl sites for hydroxylation is 1. The molecule has 0 unspecified atom stereocenters. The van der Waals surface area contributed by atoms with Crippen LogP contribution in [0.2, 0.25) is 0 Å². The van der Waals surface area contributed by atoms with Gasteiger partial charge in [0.15, 0.2) is 0 Å². The van der Waals surface area contributed by atoms with Gasteiger partial charge in [-0.3, -0.25) is 9.97 Å². The van der Waals surface area contributed by atoms with Gasteiger partial charge in [-0.2, -0.15) is 0 Å². The normalized spacial score (nSPS) is 12.9. The van der Waals surface area contributed by atoms with Crippen molar-refractivity contribution in [3.63, 3.8) is 0 Å². The number of nitrogens with zero attached hydrogens (tertiary/aromatic N) is 2. The van der Waals surface area contributed by atoms with E-state index >= 15 is 0 Å². The van der Waals surface area contributed by atoms with E-state index in [0.29, 0.717) is 5.92 Å². The number of rotatable bonds is 2. The van der Waals surface area contributed by atoms with E-state index in [-0.39, 0.29) is 0 Å². The molecule has 1 aliphatic rings. The van der Waals surface area contributed by atoms with Crippen molar-refractivity contribution in [1.82, 2.24) is 9.97 Å². The minimum absolute atomic E-state index is 0.472. The van der Waals surface area contributed by atoms with Crippen molar-refractivity contribution >= 4 is 10.8 Å². The lowest BCUT2D eigenvalue weighted by Gasteiger charge is -2.22. The van der Waals surface area contributed by atoms with Crippen LogP contribution in [0.25, 0.3) is 33.2 Å². The van der Waals surface area contributed by atoms with Crippen LogP contribution in [0, 0.1) is 0 Å². The molecule has 0 saturated heterocycles. The van der Waals surface area contributed by atoms with Crippen molar-refractivity contribution in [3.8, 4) is 22.4 Å². The summed E-state index contributed by atoms with van der Waals surface area (Å²) in [7, 11) is 0. The molecule has 0 spiro atoms. The second-order valence-electron chi connectivity index (χ2n) is 7.62. The summed E-state index contributed by atoms with van der Waals surface area (Å²) < 4.78 is 0. The van der Waals surface area contributed by atoms with Gasteiger partial charge >= 0.3 is 0 Å². The molecule has 2 nitrogen and oxygen atoms in total. The van der Waals surface area contributed by atoms with Crippen LogP contribution in [0.15, 0.2) is 67.0 Å². The van der Waals surface area contributed by atoms with Crippen LogP contribution < -0.4 is 0 Å². The predicted molar refractivity (Wildman–Crippen MR) is 112 cm³/mol. The quantitative estimate of drug-likeness (QED) is 0.431. The number of hydrogen-bond donors (Lipinski definition) is 0. The van der Waals surface area contributed by atoms with E-state index in [2.05, 4.69) is 67.4 Å². The third-order valence-corrected chi connectivity index (χ3v) is 5.64. The summed E-state index contributed by atoms with van der Waals surface area (Å²) >= 11 is 0. The van der Waals surface area contributed by atoms with E-state index in [1.807, 2.05) is 18.5 Å². The predicted octanol–water partition coefficient (Wildman–Crippen LogP) is 6.19. The highest BCUT2D eigenvalue weighted by Crippen LogP contribution is 2.38. The summed E-state index contributed by atoms with van der Waals surface area (Å²) in [6, 6.07) is 19.7. The molecule has 2 aromatic heterocycles. The van der Waals surface area contributed by atoms with E-state index in [4.69, 9.17) is 4.98 Å². The van der Waals surface area contributed by atoms with Gasteiger partial charge in [-0.15, -0.1) is 0 Å². The Morgan fingerprint density at radius 3 is 2.59 bits per heavy atom. The first kappa shape index (κ1) is 16.2. The smallest absolute Gasteiger partial charge is 0.0740 e. The van der Waals surface area contributed by atoms with E-state index in [1.54, 1.807) is 0 Å². The van der Waals surface area contributed by atoms with Gasteiger partial charge in [-0.1, -0.05) is 44.2 Å². The Balaban J connectivity index is 1.76. The van der Waals surface area contributed by atoms with Gasteiger partial charge in [-0.25, -0.2) is 0 Å². The second kappa shape index (κ2) is 6.31. The lowest BCUT2D eigenvalue weighted by atomic mass is 9.85. The summed E-state index contributed by atoms with van der Waals surface area (Å²) in [5.74, 6) is 0.472. The fourth-order valence-electron chi connectivity index (χ4n) is 4.33. The molecule has 1 aliphatic carbocycles. The molecular weight excluding hydrogens is 328 g/mol. The molecule has 0 atom stereocenters. The van der Waals surface area contributed by atoms with E-state index in [0.717, 1.165) is 18.5 Å². The maximum absolute atomic E-state index is 4.82. The Morgan fingerprint density at radius 2 is 1.70 bits per heavy atom. The molecule has 0 N–H and O–H groups in total. The average molecular weight is 350 g/mol. The summed E-state index contributed by atoms with van der Waals surface area (Å²) in [6.07, 6.45) is 5.81. The Hall–Kier alpha value is -3.00. The molecule has 2 heteroatoms. The molecule has 0 radical (unpaired) electrons. The van der Waals surface area contributed by atoms with Gasteiger partial charge < -0.3 is 0 Å². The zero-order valence-corrected chi connectivity index (χ0v) is 15.7. The summed E-state index contributed by atoms with van der Waals surface area (Å²) in [4.78, 5) is 9.40. The highest BCUT2D eigenvalue weighted by atomic mass is 14.7. The van der Waals surface area contributed by atoms with Crippen LogP contribution in [0.3, 0.4) is 0 Å². The molecule has 0 amide bonds. The number of pyridine rings is 2. The van der Waals surface area contributed by atoms with E-state index < -0.39 is 0 Å². The largest absolute Gasteiger partial charge is 0.261 e. The lowest BCUT2D eigenvalue weighted by molar-refractivity contribution is 0.875. The van der Waals surface area contributed by atoms with Gasteiger partial charge in [0.05, 0.1) is 5.69 Å². The first-order valence-corrected chi connectivity index (χ1v) is 9.67. The van der Waals surface area contributed by atoms with Crippen LogP contribution in [0.4, 0.5) is 0 Å². The van der Waals surface area contributed by atoms with Crippen molar-refractivity contribution in [2.24, 2.45) is 0 Å². The summed E-state index contributed by atoms with van der Waals surface area (Å²) in [5, 5.41) is 2.63. The standard InChI is InChI=1S/C25H22N2/c1-16(2)23-15-18(14-17-6-3-4-7-19(17)23)25-22-9-10-24-21(8-5-12-26-24)20(22)11-13-27-25/h3-8,11-16H,9-10H2,1-2H3. The molecule has 0 fully saturated rings. The fourth-order valence-corrected chi connectivity index (χ4v) is 4.33. The number of hydrogen-bond acceptors (Lipinski definition) is 2. The van der Waals surface area contributed by atoms with Gasteiger partial charge in [-0.05, 0) is 70.5 Å². The van der Waals surface area contributed by atoms with Gasteiger partial charge in [0, 0.05) is 29.2 Å². The van der Waals surface area contributed by atoms with Crippen LogP contribution in [-0.2, 0) is 12.8 Å². The Morgan fingerprint density at radius 1 is 0.815 bits per heavy atom. The van der Waals surface area contributed by atoms with Gasteiger partial charge in [0.2, 0.25) is 0 Å². The lowest BCUT2D eigenvalue weighted by Crippen LogP contribution is -2.08. The van der Waals surface area contributed by atoms with Crippen molar-refractivity contribution < 1.29 is 0 Å². The number of benzene rings is 2. The molecular formula is C25H22N2. The van der Waals surface area contributed by atoms with E-state index in [1.165, 1.54) is 44.3 Å². The van der Waals surface area contributed by atoms with Crippen LogP contribution in [-0.4, -0.2) is 9.97 Å². The maximum atomic E-state index is 4.82. The number of fused-ring (bicyclic) bond motifs is 4. The van der Waals surface area contributed by atoms with Gasteiger partial charge in [0.1, 0.15) is 0 Å². The van der Waals surface area contributed by atoms with Crippen molar-refractivity contribution in [2.45, 2.75) is 32.6 Å². The van der Waals surface area contributed by atoms with E-state index in [9.17, 15) is 0 Å². The Kier molecular flexibility index (Phi) is 3.78. The zero-order valence-electron chi connectivity index (χ0n) is 15.7. The number of aromatic nitrogens is 2. The SMILES string of the molecule is CC(C)c1cc(-c2nccc3c2CCc2ncccc2-3)cc2ccccc12. The first-order valence-electron chi connectivity index (χ1n) is 9.67. The Bertz CT molecular complexity index is 1160. The molecule has 0 saturated carbocycles. The van der Waals surface area contributed by atoms with Crippen molar-refractivity contribution in [1.29, 1.82) is 0 Å². The fraction of sp³-hybridized carbons (Fsp3) is 0.200.